The lowest BCUT2D eigenvalue weighted by Gasteiger charge is -2.33. The molecule has 3 aromatic rings. The van der Waals surface area contributed by atoms with Crippen molar-refractivity contribution >= 4 is 23.0 Å². The van der Waals surface area contributed by atoms with Crippen LogP contribution in [0.5, 0.6) is 5.75 Å². The summed E-state index contributed by atoms with van der Waals surface area (Å²) in [5.74, 6) is -0.0145. The number of rotatable bonds is 3. The van der Waals surface area contributed by atoms with Gasteiger partial charge in [0.1, 0.15) is 11.3 Å². The van der Waals surface area contributed by atoms with E-state index in [4.69, 9.17) is 4.74 Å². The van der Waals surface area contributed by atoms with Crippen molar-refractivity contribution in [2.45, 2.75) is 6.92 Å². The van der Waals surface area contributed by atoms with E-state index in [0.717, 1.165) is 0 Å². The Bertz CT molecular complexity index is 1180. The fourth-order valence-corrected chi connectivity index (χ4v) is 3.57. The molecule has 0 unspecified atom stereocenters. The van der Waals surface area contributed by atoms with Crippen LogP contribution in [0.1, 0.15) is 17.4 Å². The molecule has 1 aliphatic heterocycles. The van der Waals surface area contributed by atoms with Gasteiger partial charge in [-0.15, -0.1) is 0 Å². The third-order valence-corrected chi connectivity index (χ3v) is 5.16. The van der Waals surface area contributed by atoms with Crippen LogP contribution in [0.3, 0.4) is 0 Å². The van der Waals surface area contributed by atoms with Crippen LogP contribution in [0.2, 0.25) is 0 Å². The molecule has 3 heterocycles. The Kier molecular flexibility index (Phi) is 5.18. The van der Waals surface area contributed by atoms with Gasteiger partial charge in [-0.1, -0.05) is 12.1 Å². The first kappa shape index (κ1) is 19.6. The summed E-state index contributed by atoms with van der Waals surface area (Å²) in [4.78, 5) is 50.0. The Morgan fingerprint density at radius 3 is 2.40 bits per heavy atom. The summed E-state index contributed by atoms with van der Waals surface area (Å²) in [5.41, 5.74) is 0.493. The molecule has 30 heavy (non-hydrogen) atoms. The number of methoxy groups -OCH3 is 1. The second kappa shape index (κ2) is 7.94. The number of fused-ring (bicyclic) bond motifs is 1. The summed E-state index contributed by atoms with van der Waals surface area (Å²) in [7, 11) is 1.52. The minimum Gasteiger partial charge on any atom is -0.495 e. The van der Waals surface area contributed by atoms with E-state index in [1.807, 2.05) is 0 Å². The Morgan fingerprint density at radius 1 is 1.00 bits per heavy atom. The largest absolute Gasteiger partial charge is 0.495 e. The molecule has 0 radical (unpaired) electrons. The number of pyridine rings is 1. The number of amides is 2. The summed E-state index contributed by atoms with van der Waals surface area (Å²) < 4.78 is 6.78. The smallest absolute Gasteiger partial charge is 0.288 e. The Morgan fingerprint density at radius 2 is 1.70 bits per heavy atom. The van der Waals surface area contributed by atoms with Crippen LogP contribution in [0, 0.1) is 0 Å². The quantitative estimate of drug-likeness (QED) is 0.645. The number of carbonyl (C=O) groups excluding carboxylic acids is 2. The van der Waals surface area contributed by atoms with E-state index >= 15 is 0 Å². The number of carbonyl (C=O) groups is 2. The van der Waals surface area contributed by atoms with Crippen LogP contribution in [0.4, 0.5) is 0 Å². The van der Waals surface area contributed by atoms with Crippen molar-refractivity contribution in [1.82, 2.24) is 24.3 Å². The number of aromatic nitrogens is 3. The fraction of sp³-hybridized carbons (Fsp3) is 0.286. The van der Waals surface area contributed by atoms with E-state index < -0.39 is 11.5 Å². The lowest BCUT2D eigenvalue weighted by molar-refractivity contribution is -0.130. The number of ether oxygens (including phenoxy) is 1. The van der Waals surface area contributed by atoms with Crippen molar-refractivity contribution in [3.05, 3.63) is 58.6 Å². The normalized spacial score (nSPS) is 14.1. The minimum atomic E-state index is -0.565. The van der Waals surface area contributed by atoms with Gasteiger partial charge in [-0.3, -0.25) is 19.0 Å². The molecule has 0 spiro atoms. The zero-order chi connectivity index (χ0) is 21.3. The van der Waals surface area contributed by atoms with Crippen molar-refractivity contribution in [2.75, 3.05) is 33.3 Å². The highest BCUT2D eigenvalue weighted by Crippen LogP contribution is 2.23. The van der Waals surface area contributed by atoms with Crippen molar-refractivity contribution in [2.24, 2.45) is 0 Å². The van der Waals surface area contributed by atoms with Crippen molar-refractivity contribution in [1.29, 1.82) is 0 Å². The van der Waals surface area contributed by atoms with Gasteiger partial charge in [-0.25, -0.2) is 9.97 Å². The van der Waals surface area contributed by atoms with E-state index in [1.54, 1.807) is 52.4 Å². The number of hydrogen-bond acceptors (Lipinski definition) is 6. The van der Waals surface area contributed by atoms with E-state index in [2.05, 4.69) is 9.97 Å². The molecule has 1 saturated heterocycles. The standard InChI is InChI=1S/C21H21N5O4/c1-14(27)24-10-12-25(13-11-24)20(28)18-21(29)26(16-7-3-4-8-17(16)30-2)19-15(23-18)6-5-9-22-19/h3-9H,10-13H2,1-2H3. The molecule has 154 valence electrons. The summed E-state index contributed by atoms with van der Waals surface area (Å²) >= 11 is 0. The average Bonchev–Trinajstić information content (AvgIpc) is 2.78. The first-order chi connectivity index (χ1) is 14.5. The van der Waals surface area contributed by atoms with Gasteiger partial charge in [0.05, 0.1) is 12.8 Å². The van der Waals surface area contributed by atoms with Gasteiger partial charge in [0.15, 0.2) is 11.3 Å². The minimum absolute atomic E-state index is 0.0319. The maximum Gasteiger partial charge on any atom is 0.288 e. The fourth-order valence-electron chi connectivity index (χ4n) is 3.57. The lowest BCUT2D eigenvalue weighted by atomic mass is 10.2. The Hall–Kier alpha value is -3.75. The van der Waals surface area contributed by atoms with E-state index in [9.17, 15) is 14.4 Å². The number of nitrogens with zero attached hydrogens (tertiary/aromatic N) is 5. The summed E-state index contributed by atoms with van der Waals surface area (Å²) in [6.45, 7) is 3.05. The molecule has 0 atom stereocenters. The predicted molar refractivity (Wildman–Crippen MR) is 110 cm³/mol. The van der Waals surface area contributed by atoms with E-state index in [0.29, 0.717) is 48.8 Å². The SMILES string of the molecule is COc1ccccc1-n1c(=O)c(C(=O)N2CCN(C(C)=O)CC2)nc2cccnc21. The first-order valence-electron chi connectivity index (χ1n) is 9.57. The maximum absolute atomic E-state index is 13.4. The molecule has 1 aromatic carbocycles. The van der Waals surface area contributed by atoms with Crippen LogP contribution in [0.25, 0.3) is 16.9 Å². The third-order valence-electron chi connectivity index (χ3n) is 5.16. The molecule has 9 nitrogen and oxygen atoms in total. The van der Waals surface area contributed by atoms with Gasteiger partial charge in [0.2, 0.25) is 5.91 Å². The number of hydrogen-bond donors (Lipinski definition) is 0. The molecule has 1 fully saturated rings. The van der Waals surface area contributed by atoms with Crippen LogP contribution in [-0.4, -0.2) is 69.4 Å². The molecular formula is C21H21N5O4. The van der Waals surface area contributed by atoms with Crippen LogP contribution in [-0.2, 0) is 4.79 Å². The summed E-state index contributed by atoms with van der Waals surface area (Å²) in [5, 5.41) is 0. The highest BCUT2D eigenvalue weighted by Gasteiger charge is 2.28. The molecule has 0 saturated carbocycles. The molecule has 1 aliphatic rings. The van der Waals surface area contributed by atoms with Crippen molar-refractivity contribution in [3.8, 4) is 11.4 Å². The molecule has 2 amide bonds. The second-order valence-electron chi connectivity index (χ2n) is 6.92. The van der Waals surface area contributed by atoms with Gasteiger partial charge < -0.3 is 14.5 Å². The highest BCUT2D eigenvalue weighted by atomic mass is 16.5. The zero-order valence-electron chi connectivity index (χ0n) is 16.7. The highest BCUT2D eigenvalue weighted by molar-refractivity contribution is 5.94. The summed E-state index contributed by atoms with van der Waals surface area (Å²) in [6, 6.07) is 10.4. The number of para-hydroxylation sites is 2. The molecule has 9 heteroatoms. The van der Waals surface area contributed by atoms with Crippen LogP contribution >= 0.6 is 0 Å². The molecular weight excluding hydrogens is 386 g/mol. The van der Waals surface area contributed by atoms with Gasteiger partial charge in [0, 0.05) is 39.3 Å². The maximum atomic E-state index is 13.4. The topological polar surface area (TPSA) is 97.6 Å². The third kappa shape index (κ3) is 3.38. The number of benzene rings is 1. The zero-order valence-corrected chi connectivity index (χ0v) is 16.7. The Labute approximate surface area is 172 Å². The van der Waals surface area contributed by atoms with Gasteiger partial charge in [0.25, 0.3) is 11.5 Å². The van der Waals surface area contributed by atoms with Crippen molar-refractivity contribution < 1.29 is 14.3 Å². The molecule has 0 aliphatic carbocycles. The molecule has 0 bridgehead atoms. The van der Waals surface area contributed by atoms with Gasteiger partial charge >= 0.3 is 0 Å². The van der Waals surface area contributed by atoms with E-state index in [1.165, 1.54) is 18.6 Å². The number of piperazine rings is 1. The lowest BCUT2D eigenvalue weighted by Crippen LogP contribution is -2.51. The first-order valence-corrected chi connectivity index (χ1v) is 9.57. The second-order valence-corrected chi connectivity index (χ2v) is 6.92. The molecule has 2 aromatic heterocycles. The van der Waals surface area contributed by atoms with Crippen LogP contribution in [0.15, 0.2) is 47.4 Å². The predicted octanol–water partition coefficient (Wildman–Crippen LogP) is 1.09. The monoisotopic (exact) mass is 407 g/mol. The van der Waals surface area contributed by atoms with Crippen LogP contribution < -0.4 is 10.3 Å². The summed E-state index contributed by atoms with van der Waals surface area (Å²) in [6.07, 6.45) is 1.57. The van der Waals surface area contributed by atoms with Gasteiger partial charge in [-0.05, 0) is 24.3 Å². The molecule has 4 rings (SSSR count). The Balaban J connectivity index is 1.83. The van der Waals surface area contributed by atoms with Gasteiger partial charge in [-0.2, -0.15) is 0 Å². The van der Waals surface area contributed by atoms with E-state index in [-0.39, 0.29) is 11.6 Å². The average molecular weight is 407 g/mol. The van der Waals surface area contributed by atoms with Crippen molar-refractivity contribution in [3.63, 3.8) is 0 Å². The molecule has 0 N–H and O–H groups in total.